The first-order valence-electron chi connectivity index (χ1n) is 10.5. The average Bonchev–Trinajstić information content (AvgIpc) is 2.75. The number of hydrogen-bond acceptors (Lipinski definition) is 5. The van der Waals surface area contributed by atoms with E-state index in [1.165, 1.54) is 0 Å². The van der Waals surface area contributed by atoms with Gasteiger partial charge in [-0.05, 0) is 39.0 Å². The van der Waals surface area contributed by atoms with E-state index in [9.17, 15) is 4.79 Å². The molecule has 2 N–H and O–H groups in total. The second-order valence-corrected chi connectivity index (χ2v) is 8.09. The highest BCUT2D eigenvalue weighted by atomic mass is 127. The highest BCUT2D eigenvalue weighted by molar-refractivity contribution is 14.0. The minimum absolute atomic E-state index is 0. The van der Waals surface area contributed by atoms with Crippen LogP contribution in [0.1, 0.15) is 26.3 Å². The van der Waals surface area contributed by atoms with E-state index in [0.29, 0.717) is 13.1 Å². The van der Waals surface area contributed by atoms with Gasteiger partial charge in [-0.3, -0.25) is 14.7 Å². The van der Waals surface area contributed by atoms with Crippen LogP contribution in [-0.2, 0) is 11.3 Å². The molecule has 1 aromatic rings. The van der Waals surface area contributed by atoms with Gasteiger partial charge in [0.2, 0.25) is 5.91 Å². The van der Waals surface area contributed by atoms with Crippen molar-refractivity contribution in [3.05, 3.63) is 23.8 Å². The molecule has 1 aromatic carbocycles. The summed E-state index contributed by atoms with van der Waals surface area (Å²) >= 11 is 0. The summed E-state index contributed by atoms with van der Waals surface area (Å²) in [5, 5.41) is 6.27. The second-order valence-electron chi connectivity index (χ2n) is 8.09. The van der Waals surface area contributed by atoms with E-state index in [4.69, 9.17) is 9.47 Å². The Balaban J connectivity index is 0.00000480. The molecule has 0 radical (unpaired) electrons. The van der Waals surface area contributed by atoms with Crippen molar-refractivity contribution in [2.24, 2.45) is 10.4 Å². The Hall–Kier alpha value is -1.75. The summed E-state index contributed by atoms with van der Waals surface area (Å²) in [5.41, 5.74) is 0.618. The Morgan fingerprint density at radius 2 is 1.81 bits per heavy atom. The molecule has 2 rings (SSSR count). The maximum atomic E-state index is 12.2. The molecule has 0 unspecified atom stereocenters. The van der Waals surface area contributed by atoms with Gasteiger partial charge in [0.05, 0.1) is 19.6 Å². The van der Waals surface area contributed by atoms with Crippen molar-refractivity contribution < 1.29 is 14.3 Å². The number of amides is 1. The lowest BCUT2D eigenvalue weighted by Crippen LogP contribution is -2.54. The first-order valence-corrected chi connectivity index (χ1v) is 10.5. The number of carbonyl (C=O) groups is 1. The van der Waals surface area contributed by atoms with E-state index in [1.54, 1.807) is 21.3 Å². The summed E-state index contributed by atoms with van der Waals surface area (Å²) in [5.74, 6) is 2.60. The van der Waals surface area contributed by atoms with Gasteiger partial charge in [0.25, 0.3) is 0 Å². The summed E-state index contributed by atoms with van der Waals surface area (Å²) in [6, 6.07) is 5.90. The molecule has 0 aliphatic carbocycles. The van der Waals surface area contributed by atoms with E-state index in [1.807, 2.05) is 39.0 Å². The maximum absolute atomic E-state index is 12.2. The van der Waals surface area contributed by atoms with Crippen LogP contribution >= 0.6 is 24.0 Å². The van der Waals surface area contributed by atoms with Crippen molar-refractivity contribution in [2.75, 3.05) is 60.5 Å². The number of rotatable bonds is 8. The van der Waals surface area contributed by atoms with Crippen molar-refractivity contribution in [2.45, 2.75) is 27.3 Å². The number of methoxy groups -OCH3 is 2. The van der Waals surface area contributed by atoms with Crippen LogP contribution in [0.25, 0.3) is 0 Å². The Morgan fingerprint density at radius 3 is 2.35 bits per heavy atom. The third-order valence-corrected chi connectivity index (χ3v) is 5.41. The van der Waals surface area contributed by atoms with Gasteiger partial charge in [-0.25, -0.2) is 0 Å². The molecule has 1 aliphatic rings. The maximum Gasteiger partial charge on any atom is 0.227 e. The molecule has 1 aliphatic heterocycles. The van der Waals surface area contributed by atoms with Crippen molar-refractivity contribution in [1.82, 2.24) is 20.4 Å². The summed E-state index contributed by atoms with van der Waals surface area (Å²) in [4.78, 5) is 21.3. The monoisotopic (exact) mass is 547 g/mol. The first-order chi connectivity index (χ1) is 14.3. The molecule has 9 heteroatoms. The first kappa shape index (κ1) is 27.3. The Morgan fingerprint density at radius 1 is 1.13 bits per heavy atom. The van der Waals surface area contributed by atoms with Gasteiger partial charge in [-0.2, -0.15) is 0 Å². The van der Waals surface area contributed by atoms with Crippen LogP contribution in [0, 0.1) is 5.41 Å². The molecule has 0 spiro atoms. The Labute approximate surface area is 203 Å². The topological polar surface area (TPSA) is 78.4 Å². The highest BCUT2D eigenvalue weighted by Gasteiger charge is 2.28. The van der Waals surface area contributed by atoms with Gasteiger partial charge in [-0.15, -0.1) is 24.0 Å². The van der Waals surface area contributed by atoms with Crippen molar-refractivity contribution >= 4 is 35.8 Å². The zero-order valence-corrected chi connectivity index (χ0v) is 22.0. The van der Waals surface area contributed by atoms with Crippen LogP contribution in [-0.4, -0.2) is 82.2 Å². The van der Waals surface area contributed by atoms with Crippen LogP contribution in [0.4, 0.5) is 0 Å². The number of ether oxygens (including phenoxy) is 2. The summed E-state index contributed by atoms with van der Waals surface area (Å²) in [6.07, 6.45) is 0. The molecular formula is C22H38IN5O3. The zero-order valence-electron chi connectivity index (χ0n) is 19.7. The van der Waals surface area contributed by atoms with Gasteiger partial charge >= 0.3 is 0 Å². The Kier molecular flexibility index (Phi) is 11.4. The van der Waals surface area contributed by atoms with Gasteiger partial charge in [0.15, 0.2) is 5.96 Å². The normalized spacial score (nSPS) is 15.2. The predicted octanol–water partition coefficient (Wildman–Crippen LogP) is 2.18. The molecule has 1 saturated heterocycles. The summed E-state index contributed by atoms with van der Waals surface area (Å²) in [6.45, 7) is 11.4. The number of piperazine rings is 1. The molecule has 8 nitrogen and oxygen atoms in total. The molecule has 0 aromatic heterocycles. The van der Waals surface area contributed by atoms with Crippen molar-refractivity contribution in [1.29, 1.82) is 0 Å². The number of aliphatic imine (C=N–C) groups is 1. The molecule has 1 amide bonds. The smallest absolute Gasteiger partial charge is 0.227 e. The zero-order chi connectivity index (χ0) is 22.1. The third kappa shape index (κ3) is 7.71. The predicted molar refractivity (Wildman–Crippen MR) is 136 cm³/mol. The lowest BCUT2D eigenvalue weighted by atomic mass is 9.92. The average molecular weight is 547 g/mol. The van der Waals surface area contributed by atoms with Crippen LogP contribution in [0.3, 0.4) is 0 Å². The fourth-order valence-electron chi connectivity index (χ4n) is 3.48. The van der Waals surface area contributed by atoms with E-state index < -0.39 is 5.41 Å². The lowest BCUT2D eigenvalue weighted by Gasteiger charge is -2.37. The molecular weight excluding hydrogens is 509 g/mol. The van der Waals surface area contributed by atoms with Gasteiger partial charge in [-0.1, -0.05) is 0 Å². The van der Waals surface area contributed by atoms with Crippen molar-refractivity contribution in [3.8, 4) is 11.5 Å². The molecule has 176 valence electrons. The van der Waals surface area contributed by atoms with Gasteiger partial charge in [0, 0.05) is 58.4 Å². The molecule has 1 heterocycles. The van der Waals surface area contributed by atoms with Gasteiger partial charge in [0.1, 0.15) is 11.5 Å². The highest BCUT2D eigenvalue weighted by Crippen LogP contribution is 2.25. The number of halogens is 1. The van der Waals surface area contributed by atoms with Crippen LogP contribution < -0.4 is 20.1 Å². The van der Waals surface area contributed by atoms with Gasteiger partial charge < -0.3 is 25.0 Å². The van der Waals surface area contributed by atoms with E-state index in [-0.39, 0.29) is 29.9 Å². The van der Waals surface area contributed by atoms with E-state index in [0.717, 1.165) is 55.7 Å². The number of nitrogens with zero attached hydrogens (tertiary/aromatic N) is 3. The lowest BCUT2D eigenvalue weighted by molar-refractivity contribution is -0.128. The number of carbonyl (C=O) groups excluding carboxylic acids is 1. The molecule has 0 saturated carbocycles. The minimum Gasteiger partial charge on any atom is -0.497 e. The number of hydrogen-bond donors (Lipinski definition) is 2. The van der Waals surface area contributed by atoms with Crippen LogP contribution in [0.2, 0.25) is 0 Å². The number of nitrogens with one attached hydrogen (secondary N) is 2. The molecule has 31 heavy (non-hydrogen) atoms. The van der Waals surface area contributed by atoms with E-state index >= 15 is 0 Å². The van der Waals surface area contributed by atoms with E-state index in [2.05, 4.69) is 25.4 Å². The summed E-state index contributed by atoms with van der Waals surface area (Å²) < 4.78 is 10.9. The third-order valence-electron chi connectivity index (χ3n) is 5.41. The van der Waals surface area contributed by atoms with Crippen LogP contribution in [0.15, 0.2) is 23.2 Å². The number of benzene rings is 1. The molecule has 0 bridgehead atoms. The second kappa shape index (κ2) is 12.9. The SMILES string of the molecule is CCNC(=O)C(C)(C)CNC(=NC)N1CCN(Cc2cc(OC)ccc2OC)CC1.I. The fourth-order valence-corrected chi connectivity index (χ4v) is 3.48. The standard InChI is InChI=1S/C22H37N5O3.HI/c1-7-24-20(28)22(2,3)16-25-21(23-4)27-12-10-26(11-13-27)15-17-14-18(29-5)8-9-19(17)30-6;/h8-9,14H,7,10-13,15-16H2,1-6H3,(H,23,25)(H,24,28);1H. The molecule has 1 fully saturated rings. The molecule has 0 atom stereocenters. The Bertz CT molecular complexity index is 734. The minimum atomic E-state index is -0.503. The quantitative estimate of drug-likeness (QED) is 0.295. The van der Waals surface area contributed by atoms with Crippen LogP contribution in [0.5, 0.6) is 11.5 Å². The fraction of sp³-hybridized carbons (Fsp3) is 0.636. The summed E-state index contributed by atoms with van der Waals surface area (Å²) in [7, 11) is 5.16. The van der Waals surface area contributed by atoms with Crippen molar-refractivity contribution in [3.63, 3.8) is 0 Å². The number of guanidine groups is 1. The largest absolute Gasteiger partial charge is 0.497 e.